The first-order chi connectivity index (χ1) is 7.45. The summed E-state index contributed by atoms with van der Waals surface area (Å²) >= 11 is 0. The highest BCUT2D eigenvalue weighted by Gasteiger charge is 2.30. The zero-order chi connectivity index (χ0) is 12.0. The lowest BCUT2D eigenvalue weighted by atomic mass is 10.0. The van der Waals surface area contributed by atoms with Crippen LogP contribution in [0.3, 0.4) is 0 Å². The van der Waals surface area contributed by atoms with Crippen LogP contribution in [0.5, 0.6) is 5.75 Å². The number of hydrogen-bond acceptors (Lipinski definition) is 3. The Morgan fingerprint density at radius 2 is 2.12 bits per heavy atom. The minimum atomic E-state index is -1.37. The molecule has 5 heteroatoms. The topological polar surface area (TPSA) is 79.5 Å². The first-order valence-corrected chi connectivity index (χ1v) is 5.13. The monoisotopic (exact) mass is 223 g/mol. The average Bonchev–Trinajstić information content (AvgIpc) is 2.57. The highest BCUT2D eigenvalue weighted by atomic mass is 16.4. The van der Waals surface area contributed by atoms with Gasteiger partial charge in [-0.3, -0.25) is 4.79 Å². The number of aromatic hydroxyl groups is 1. The maximum Gasteiger partial charge on any atom is 0.345 e. The molecule has 1 aromatic heterocycles. The molecule has 0 aromatic carbocycles. The molecule has 0 amide bonds. The van der Waals surface area contributed by atoms with Crippen molar-refractivity contribution in [3.63, 3.8) is 0 Å². The lowest BCUT2D eigenvalue weighted by Gasteiger charge is -2.13. The molecule has 1 aliphatic rings. The Balaban J connectivity index is 2.87. The van der Waals surface area contributed by atoms with Gasteiger partial charge >= 0.3 is 5.97 Å². The third-order valence-corrected chi connectivity index (χ3v) is 3.25. The van der Waals surface area contributed by atoms with E-state index in [4.69, 9.17) is 5.11 Å². The number of carbonyl (C=O) groups is 1. The van der Waals surface area contributed by atoms with Crippen LogP contribution < -0.4 is 5.56 Å². The van der Waals surface area contributed by atoms with Crippen molar-refractivity contribution in [2.24, 2.45) is 7.05 Å². The zero-order valence-electron chi connectivity index (χ0n) is 9.15. The van der Waals surface area contributed by atoms with Crippen LogP contribution in [0.15, 0.2) is 4.79 Å². The number of aromatic nitrogens is 1. The third kappa shape index (κ3) is 1.24. The Labute approximate surface area is 92.0 Å². The van der Waals surface area contributed by atoms with Crippen LogP contribution in [0.2, 0.25) is 0 Å². The predicted octanol–water partition coefficient (Wildman–Crippen LogP) is 0.839. The van der Waals surface area contributed by atoms with Crippen molar-refractivity contribution in [3.05, 3.63) is 27.2 Å². The van der Waals surface area contributed by atoms with Crippen molar-refractivity contribution in [1.29, 1.82) is 0 Å². The highest BCUT2D eigenvalue weighted by molar-refractivity contribution is 5.91. The molecule has 0 aliphatic heterocycles. The summed E-state index contributed by atoms with van der Waals surface area (Å²) < 4.78 is 1.34. The first kappa shape index (κ1) is 10.7. The number of nitrogens with zero attached hydrogens (tertiary/aromatic N) is 1. The molecular formula is C11H13NO4. The third-order valence-electron chi connectivity index (χ3n) is 3.25. The standard InChI is InChI=1S/C11H13NO4/c1-5-3-4-6-7(5)9(13)8(11(15)16)10(14)12(6)2/h5,13H,3-4H2,1-2H3,(H,15,16)/t5-/m0/s1. The van der Waals surface area contributed by atoms with Gasteiger partial charge in [-0.05, 0) is 18.8 Å². The average molecular weight is 223 g/mol. The second kappa shape index (κ2) is 3.37. The molecule has 86 valence electrons. The number of carboxylic acids is 1. The molecule has 5 nitrogen and oxygen atoms in total. The minimum absolute atomic E-state index is 0.0971. The Hall–Kier alpha value is -1.78. The summed E-state index contributed by atoms with van der Waals surface area (Å²) in [5.41, 5.74) is 0.201. The van der Waals surface area contributed by atoms with Crippen LogP contribution in [0, 0.1) is 0 Å². The summed E-state index contributed by atoms with van der Waals surface area (Å²) in [5, 5.41) is 18.8. The molecule has 0 saturated heterocycles. The Kier molecular flexibility index (Phi) is 2.26. The van der Waals surface area contributed by atoms with Gasteiger partial charge in [0.15, 0.2) is 5.56 Å². The van der Waals surface area contributed by atoms with Crippen LogP contribution in [0.1, 0.15) is 40.9 Å². The van der Waals surface area contributed by atoms with Gasteiger partial charge in [0.1, 0.15) is 5.75 Å². The molecule has 0 bridgehead atoms. The van der Waals surface area contributed by atoms with Crippen LogP contribution >= 0.6 is 0 Å². The van der Waals surface area contributed by atoms with Crippen molar-refractivity contribution in [2.75, 3.05) is 0 Å². The number of fused-ring (bicyclic) bond motifs is 1. The minimum Gasteiger partial charge on any atom is -0.506 e. The van der Waals surface area contributed by atoms with E-state index in [1.54, 1.807) is 7.05 Å². The molecule has 16 heavy (non-hydrogen) atoms. The summed E-state index contributed by atoms with van der Waals surface area (Å²) in [7, 11) is 1.55. The first-order valence-electron chi connectivity index (χ1n) is 5.13. The van der Waals surface area contributed by atoms with Gasteiger partial charge in [-0.25, -0.2) is 4.79 Å². The van der Waals surface area contributed by atoms with E-state index in [0.717, 1.165) is 12.1 Å². The molecule has 1 heterocycles. The van der Waals surface area contributed by atoms with E-state index < -0.39 is 17.1 Å². The number of rotatable bonds is 1. The number of carboxylic acid groups (broad SMARTS) is 1. The molecule has 0 radical (unpaired) electrons. The van der Waals surface area contributed by atoms with E-state index >= 15 is 0 Å². The smallest absolute Gasteiger partial charge is 0.345 e. The van der Waals surface area contributed by atoms with Crippen molar-refractivity contribution < 1.29 is 15.0 Å². The van der Waals surface area contributed by atoms with Crippen molar-refractivity contribution in [3.8, 4) is 5.75 Å². The van der Waals surface area contributed by atoms with Crippen LogP contribution in [-0.4, -0.2) is 20.7 Å². The Bertz CT molecular complexity index is 530. The summed E-state index contributed by atoms with van der Waals surface area (Å²) in [6.45, 7) is 1.92. The molecule has 2 N–H and O–H groups in total. The second-order valence-electron chi connectivity index (χ2n) is 4.19. The van der Waals surface area contributed by atoms with Gasteiger partial charge in [0.25, 0.3) is 5.56 Å². The predicted molar refractivity (Wildman–Crippen MR) is 57.0 cm³/mol. The van der Waals surface area contributed by atoms with Crippen LogP contribution in [-0.2, 0) is 13.5 Å². The zero-order valence-corrected chi connectivity index (χ0v) is 9.15. The van der Waals surface area contributed by atoms with Crippen LogP contribution in [0.25, 0.3) is 0 Å². The van der Waals surface area contributed by atoms with E-state index in [9.17, 15) is 14.7 Å². The molecule has 1 atom stereocenters. The van der Waals surface area contributed by atoms with Gasteiger partial charge in [0.2, 0.25) is 0 Å². The molecular weight excluding hydrogens is 210 g/mol. The molecule has 0 saturated carbocycles. The van der Waals surface area contributed by atoms with E-state index in [-0.39, 0.29) is 11.7 Å². The number of aromatic carboxylic acids is 1. The summed E-state index contributed by atoms with van der Waals surface area (Å²) in [6, 6.07) is 0. The SMILES string of the molecule is C[C@H]1CCc2c1c(O)c(C(=O)O)c(=O)n2C. The summed E-state index contributed by atoms with van der Waals surface area (Å²) in [5.74, 6) is -1.63. The highest BCUT2D eigenvalue weighted by Crippen LogP contribution is 2.38. The Morgan fingerprint density at radius 1 is 1.50 bits per heavy atom. The van der Waals surface area contributed by atoms with Gasteiger partial charge in [0.05, 0.1) is 0 Å². The van der Waals surface area contributed by atoms with Gasteiger partial charge in [-0.2, -0.15) is 0 Å². The maximum atomic E-state index is 11.7. The largest absolute Gasteiger partial charge is 0.506 e. The molecule has 2 rings (SSSR count). The van der Waals surface area contributed by atoms with Crippen LogP contribution in [0.4, 0.5) is 0 Å². The van der Waals surface area contributed by atoms with Crippen molar-refractivity contribution >= 4 is 5.97 Å². The fourth-order valence-electron chi connectivity index (χ4n) is 2.35. The van der Waals surface area contributed by atoms with E-state index in [1.807, 2.05) is 6.92 Å². The summed E-state index contributed by atoms with van der Waals surface area (Å²) in [6.07, 6.45) is 1.54. The lowest BCUT2D eigenvalue weighted by Crippen LogP contribution is -2.27. The van der Waals surface area contributed by atoms with Gasteiger partial charge < -0.3 is 14.8 Å². The molecule has 1 aliphatic carbocycles. The second-order valence-corrected chi connectivity index (χ2v) is 4.19. The lowest BCUT2D eigenvalue weighted by molar-refractivity contribution is 0.0690. The summed E-state index contributed by atoms with van der Waals surface area (Å²) in [4.78, 5) is 22.6. The van der Waals surface area contributed by atoms with Gasteiger partial charge in [0, 0.05) is 18.3 Å². The molecule has 0 unspecified atom stereocenters. The number of hydrogen-bond donors (Lipinski definition) is 2. The van der Waals surface area contributed by atoms with Crippen molar-refractivity contribution in [1.82, 2.24) is 4.57 Å². The fourth-order valence-corrected chi connectivity index (χ4v) is 2.35. The van der Waals surface area contributed by atoms with E-state index in [2.05, 4.69) is 0 Å². The van der Waals surface area contributed by atoms with Crippen molar-refractivity contribution in [2.45, 2.75) is 25.7 Å². The molecule has 0 spiro atoms. The van der Waals surface area contributed by atoms with E-state index in [0.29, 0.717) is 12.0 Å². The Morgan fingerprint density at radius 3 is 2.69 bits per heavy atom. The molecule has 1 aromatic rings. The quantitative estimate of drug-likeness (QED) is 0.739. The van der Waals surface area contributed by atoms with E-state index in [1.165, 1.54) is 4.57 Å². The number of pyridine rings is 1. The fraction of sp³-hybridized carbons (Fsp3) is 0.455. The molecule has 0 fully saturated rings. The maximum absolute atomic E-state index is 11.7. The normalized spacial score (nSPS) is 18.5. The van der Waals surface area contributed by atoms with Gasteiger partial charge in [-0.1, -0.05) is 6.92 Å². The van der Waals surface area contributed by atoms with Gasteiger partial charge in [-0.15, -0.1) is 0 Å².